The van der Waals surface area contributed by atoms with Gasteiger partial charge in [0, 0.05) is 64.3 Å². The molecular weight excluding hydrogens is 818 g/mol. The first kappa shape index (κ1) is 42.7. The lowest BCUT2D eigenvalue weighted by molar-refractivity contribution is 0.423. The number of rotatable bonds is 9. The molecule has 6 aromatic rings. The Morgan fingerprint density at radius 3 is 1.58 bits per heavy atom. The summed E-state index contributed by atoms with van der Waals surface area (Å²) in [6, 6.07) is 25.2. The molecule has 0 saturated heterocycles. The summed E-state index contributed by atoms with van der Waals surface area (Å²) in [5.41, 5.74) is 4.79. The van der Waals surface area contributed by atoms with Gasteiger partial charge in [0.25, 0.3) is 9.05 Å². The smallest absolute Gasteiger partial charge is 0.261 e. The number of aryl methyl sites for hydroxylation is 2. The van der Waals surface area contributed by atoms with Crippen LogP contribution < -0.4 is 5.32 Å². The Kier molecular flexibility index (Phi) is 15.3. The minimum atomic E-state index is -3.78. The average Bonchev–Trinajstić information content (AvgIpc) is 3.14. The van der Waals surface area contributed by atoms with Gasteiger partial charge >= 0.3 is 0 Å². The molecule has 8 nitrogen and oxygen atoms in total. The van der Waals surface area contributed by atoms with E-state index < -0.39 is 19.1 Å². The minimum Gasteiger partial charge on any atom is -0.313 e. The molecule has 2 aromatic heterocycles. The largest absolute Gasteiger partial charge is 0.313 e. The highest BCUT2D eigenvalue weighted by Crippen LogP contribution is 2.32. The Labute approximate surface area is 335 Å². The van der Waals surface area contributed by atoms with Crippen LogP contribution in [0.5, 0.6) is 0 Å². The van der Waals surface area contributed by atoms with Gasteiger partial charge in [0.05, 0.1) is 19.8 Å². The number of pyridine rings is 2. The lowest BCUT2D eigenvalue weighted by Gasteiger charge is -2.22. The van der Waals surface area contributed by atoms with Crippen LogP contribution >= 0.6 is 57.1 Å². The van der Waals surface area contributed by atoms with Gasteiger partial charge in [-0.05, 0) is 66.9 Å². The third kappa shape index (κ3) is 11.0. The van der Waals surface area contributed by atoms with E-state index in [4.69, 9.17) is 57.1 Å². The fraction of sp³-hybridized carbons (Fsp3) is 0.211. The van der Waals surface area contributed by atoms with Gasteiger partial charge in [-0.15, -0.1) is 0 Å². The number of benzene rings is 4. The zero-order chi connectivity index (χ0) is 38.9. The third-order valence-electron chi connectivity index (χ3n) is 8.23. The van der Waals surface area contributed by atoms with E-state index in [1.165, 1.54) is 46.0 Å². The predicted octanol–water partition coefficient (Wildman–Crippen LogP) is 10.6. The maximum Gasteiger partial charge on any atom is 0.261 e. The second-order valence-electron chi connectivity index (χ2n) is 11.7. The van der Waals surface area contributed by atoms with Crippen LogP contribution in [0.4, 0.5) is 0 Å². The Morgan fingerprint density at radius 2 is 1.11 bits per heavy atom. The normalized spacial score (nSPS) is 11.6. The molecule has 0 saturated carbocycles. The average molecular weight is 855 g/mol. The van der Waals surface area contributed by atoms with Crippen molar-refractivity contribution in [3.63, 3.8) is 0 Å². The number of nitrogens with one attached hydrogen (secondary N) is 1. The van der Waals surface area contributed by atoms with Crippen molar-refractivity contribution in [3.05, 3.63) is 140 Å². The molecule has 0 fully saturated rings. The Morgan fingerprint density at radius 1 is 0.642 bits per heavy atom. The second kappa shape index (κ2) is 19.0. The monoisotopic (exact) mass is 852 g/mol. The van der Waals surface area contributed by atoms with Gasteiger partial charge in [-0.3, -0.25) is 0 Å². The summed E-state index contributed by atoms with van der Waals surface area (Å²) in [4.78, 5) is 7.96. The van der Waals surface area contributed by atoms with Crippen LogP contribution in [0.1, 0.15) is 36.1 Å². The highest BCUT2D eigenvalue weighted by atomic mass is 35.7. The molecule has 0 atom stereocenters. The maximum atomic E-state index is 13.1. The summed E-state index contributed by atoms with van der Waals surface area (Å²) in [7, 11) is -2.24. The number of nitrogens with zero attached hydrogens (tertiary/aromatic N) is 3. The predicted molar refractivity (Wildman–Crippen MR) is 220 cm³/mol. The zero-order valence-electron chi connectivity index (χ0n) is 29.2. The van der Waals surface area contributed by atoms with E-state index in [9.17, 15) is 16.8 Å². The van der Waals surface area contributed by atoms with Crippen LogP contribution in [-0.4, -0.2) is 44.2 Å². The van der Waals surface area contributed by atoms with Crippen LogP contribution in [0.2, 0.25) is 20.4 Å². The van der Waals surface area contributed by atoms with Gasteiger partial charge in [-0.2, -0.15) is 4.31 Å². The molecule has 1 N–H and O–H groups in total. The van der Waals surface area contributed by atoms with Crippen molar-refractivity contribution in [1.29, 1.82) is 0 Å². The standard InChI is InChI=1S/C19H18Cl2N2O2S.C10H15N.C9H4Cl3NO2S/c1-3-23(12-14-7-5-4-6-13(14)2)26(24,25)15-8-9-16-17(10-15)19(21)22-11-18(16)20;1-3-11-8-10-7-5-4-6-9(10)2;10-8-4-13-9(11)7-3-5(16(12,14)15)1-2-6(7)8/h4-11H,3,12H2,1-2H3;4-7,11H,3,8H2,1-2H3;1-4H. The van der Waals surface area contributed by atoms with Crippen LogP contribution in [0.25, 0.3) is 21.5 Å². The lowest BCUT2D eigenvalue weighted by Crippen LogP contribution is -2.30. The first-order valence-corrected chi connectivity index (χ1v) is 21.6. The zero-order valence-corrected chi connectivity index (χ0v) is 34.7. The molecule has 6 rings (SSSR count). The number of halogens is 5. The fourth-order valence-electron chi connectivity index (χ4n) is 5.18. The molecule has 280 valence electrons. The van der Waals surface area contributed by atoms with Crippen molar-refractivity contribution in [2.75, 3.05) is 13.1 Å². The molecule has 0 aliphatic heterocycles. The van der Waals surface area contributed by atoms with Crippen molar-refractivity contribution in [2.45, 2.75) is 50.6 Å². The Hall–Kier alpha value is -3.03. The van der Waals surface area contributed by atoms with Crippen LogP contribution in [-0.2, 0) is 32.2 Å². The van der Waals surface area contributed by atoms with E-state index in [0.29, 0.717) is 44.7 Å². The van der Waals surface area contributed by atoms with Gasteiger partial charge in [0.15, 0.2) is 0 Å². The fourth-order valence-corrected chi connectivity index (χ4v) is 8.25. The first-order valence-electron chi connectivity index (χ1n) is 16.3. The number of hydrogen-bond donors (Lipinski definition) is 1. The number of hydrogen-bond acceptors (Lipinski definition) is 7. The topological polar surface area (TPSA) is 109 Å². The summed E-state index contributed by atoms with van der Waals surface area (Å²) < 4.78 is 50.0. The van der Waals surface area contributed by atoms with Crippen molar-refractivity contribution in [2.24, 2.45) is 0 Å². The maximum absolute atomic E-state index is 13.1. The summed E-state index contributed by atoms with van der Waals surface area (Å²) in [5.74, 6) is 0. The summed E-state index contributed by atoms with van der Waals surface area (Å²) >= 11 is 24.0. The minimum absolute atomic E-state index is 0.0346. The molecule has 0 aliphatic rings. The van der Waals surface area contributed by atoms with Crippen LogP contribution in [0.15, 0.2) is 107 Å². The molecule has 4 aromatic carbocycles. The molecule has 0 spiro atoms. The molecule has 53 heavy (non-hydrogen) atoms. The molecule has 0 unspecified atom stereocenters. The lowest BCUT2D eigenvalue weighted by atomic mass is 10.1. The SMILES string of the molecule is CCN(Cc1ccccc1C)S(=O)(=O)c1ccc2c(Cl)cnc(Cl)c2c1.CCNCc1ccccc1C.O=S(=O)(Cl)c1ccc2c(Cl)cnc(Cl)c2c1. The van der Waals surface area contributed by atoms with Crippen molar-refractivity contribution >= 4 is 97.7 Å². The van der Waals surface area contributed by atoms with Crippen LogP contribution in [0.3, 0.4) is 0 Å². The van der Waals surface area contributed by atoms with E-state index in [2.05, 4.69) is 53.4 Å². The summed E-state index contributed by atoms with van der Waals surface area (Å²) in [6.07, 6.45) is 2.86. The molecule has 2 heterocycles. The van der Waals surface area contributed by atoms with Gasteiger partial charge < -0.3 is 5.32 Å². The van der Waals surface area contributed by atoms with E-state index >= 15 is 0 Å². The first-order chi connectivity index (χ1) is 25.1. The summed E-state index contributed by atoms with van der Waals surface area (Å²) in [6.45, 7) is 10.8. The molecule has 0 radical (unpaired) electrons. The molecular formula is C38H37Cl5N4O4S2. The van der Waals surface area contributed by atoms with E-state index in [-0.39, 0.29) is 20.1 Å². The van der Waals surface area contributed by atoms with E-state index in [1.807, 2.05) is 38.1 Å². The highest BCUT2D eigenvalue weighted by Gasteiger charge is 2.24. The van der Waals surface area contributed by atoms with Crippen molar-refractivity contribution in [1.82, 2.24) is 19.6 Å². The van der Waals surface area contributed by atoms with Crippen molar-refractivity contribution < 1.29 is 16.8 Å². The molecule has 0 aliphatic carbocycles. The van der Waals surface area contributed by atoms with Crippen molar-refractivity contribution in [3.8, 4) is 0 Å². The number of fused-ring (bicyclic) bond motifs is 2. The second-order valence-corrected chi connectivity index (χ2v) is 17.7. The number of sulfonamides is 1. The quantitative estimate of drug-likeness (QED) is 0.114. The molecule has 0 bridgehead atoms. The Balaban J connectivity index is 0.000000197. The van der Waals surface area contributed by atoms with E-state index in [0.717, 1.165) is 24.2 Å². The Bertz CT molecular complexity index is 2450. The highest BCUT2D eigenvalue weighted by molar-refractivity contribution is 8.13. The van der Waals surface area contributed by atoms with Gasteiger partial charge in [-0.25, -0.2) is 26.8 Å². The van der Waals surface area contributed by atoms with E-state index in [1.54, 1.807) is 18.2 Å². The number of aromatic nitrogens is 2. The van der Waals surface area contributed by atoms with Gasteiger partial charge in [0.1, 0.15) is 10.3 Å². The summed E-state index contributed by atoms with van der Waals surface area (Å²) in [5, 5.41) is 6.82. The van der Waals surface area contributed by atoms with Gasteiger partial charge in [0.2, 0.25) is 10.0 Å². The molecule has 15 heteroatoms. The molecule has 0 amide bonds. The third-order valence-corrected chi connectivity index (χ3v) is 12.7. The van der Waals surface area contributed by atoms with Gasteiger partial charge in [-0.1, -0.05) is 121 Å². The van der Waals surface area contributed by atoms with Crippen LogP contribution in [0, 0.1) is 13.8 Å².